The lowest BCUT2D eigenvalue weighted by atomic mass is 9.63. The molecule has 0 bridgehead atoms. The van der Waals surface area contributed by atoms with Gasteiger partial charge in [0.2, 0.25) is 0 Å². The van der Waals surface area contributed by atoms with Crippen LogP contribution in [-0.4, -0.2) is 36.4 Å². The summed E-state index contributed by atoms with van der Waals surface area (Å²) in [5.74, 6) is -3.93. The lowest BCUT2D eigenvalue weighted by Crippen LogP contribution is -2.44. The molecule has 0 spiro atoms. The summed E-state index contributed by atoms with van der Waals surface area (Å²) >= 11 is 12.0. The third kappa shape index (κ3) is 4.22. The normalized spacial score (nSPS) is 27.9. The van der Waals surface area contributed by atoms with E-state index in [1.165, 1.54) is 30.3 Å². The van der Waals surface area contributed by atoms with Gasteiger partial charge in [-0.3, -0.25) is 10.1 Å². The Morgan fingerprint density at radius 2 is 1.97 bits per heavy atom. The van der Waals surface area contributed by atoms with Crippen LogP contribution in [0.1, 0.15) is 36.3 Å². The first-order chi connectivity index (χ1) is 15.8. The molecule has 2 saturated heterocycles. The van der Waals surface area contributed by atoms with Crippen molar-refractivity contribution in [2.45, 2.75) is 42.7 Å². The van der Waals surface area contributed by atoms with Crippen LogP contribution in [0.15, 0.2) is 36.4 Å². The highest BCUT2D eigenvalue weighted by Crippen LogP contribution is 2.52. The van der Waals surface area contributed by atoms with Crippen molar-refractivity contribution in [3.63, 3.8) is 0 Å². The molecule has 2 fully saturated rings. The zero-order valence-electron chi connectivity index (χ0n) is 17.5. The third-order valence-electron chi connectivity index (χ3n) is 6.81. The van der Waals surface area contributed by atoms with Crippen LogP contribution in [0, 0.1) is 28.9 Å². The summed E-state index contributed by atoms with van der Waals surface area (Å²) in [4.78, 5) is 12.3. The maximum absolute atomic E-state index is 15.3. The number of rotatable bonds is 5. The Hall–Kier alpha value is -2.24. The Morgan fingerprint density at radius 1 is 1.24 bits per heavy atom. The molecule has 9 heteroatoms. The van der Waals surface area contributed by atoms with E-state index in [0.29, 0.717) is 19.6 Å². The largest absolute Gasteiger partial charge is 0.480 e. The number of hydrogen-bond donors (Lipinski definition) is 2. The molecule has 0 amide bonds. The van der Waals surface area contributed by atoms with E-state index in [-0.39, 0.29) is 27.1 Å². The Labute approximate surface area is 200 Å². The van der Waals surface area contributed by atoms with Gasteiger partial charge >= 0.3 is 5.97 Å². The first kappa shape index (κ1) is 23.9. The number of nitriles is 1. The van der Waals surface area contributed by atoms with Gasteiger partial charge in [0.25, 0.3) is 0 Å². The van der Waals surface area contributed by atoms with Crippen molar-refractivity contribution >= 4 is 29.2 Å². The molecule has 0 aromatic heterocycles. The fourth-order valence-electron chi connectivity index (χ4n) is 5.28. The number of carboxylic acids is 1. The van der Waals surface area contributed by atoms with Gasteiger partial charge in [0, 0.05) is 35.8 Å². The smallest absolute Gasteiger partial charge is 0.321 e. The molecule has 2 N–H and O–H groups in total. The summed E-state index contributed by atoms with van der Waals surface area (Å²) in [5, 5.41) is 23.6. The van der Waals surface area contributed by atoms with Crippen molar-refractivity contribution in [2.24, 2.45) is 5.92 Å². The van der Waals surface area contributed by atoms with E-state index >= 15 is 8.78 Å². The molecule has 4 atom stereocenters. The standard InChI is InChI=1S/C24H22Cl2F2N2O3/c25-14-4-5-16(18(27)11-14)24(12-29)19(10-13-6-8-33-9-7-13)30-22(23(31)32)20(24)15-2-1-3-17(26)21(15)28/h1-5,11,13,19-20,22,30H,6-10H2,(H,31,32). The summed E-state index contributed by atoms with van der Waals surface area (Å²) in [5.41, 5.74) is -1.79. The van der Waals surface area contributed by atoms with E-state index in [9.17, 15) is 15.2 Å². The quantitative estimate of drug-likeness (QED) is 0.606. The first-order valence-corrected chi connectivity index (χ1v) is 11.4. The van der Waals surface area contributed by atoms with Crippen molar-refractivity contribution in [3.8, 4) is 6.07 Å². The lowest BCUT2D eigenvalue weighted by molar-refractivity contribution is -0.139. The topological polar surface area (TPSA) is 82.3 Å². The minimum atomic E-state index is -1.72. The molecule has 2 aliphatic heterocycles. The van der Waals surface area contributed by atoms with Gasteiger partial charge in [0.1, 0.15) is 23.1 Å². The fraction of sp³-hybridized carbons (Fsp3) is 0.417. The predicted molar refractivity (Wildman–Crippen MR) is 119 cm³/mol. The molecule has 0 radical (unpaired) electrons. The van der Waals surface area contributed by atoms with Crippen LogP contribution < -0.4 is 5.32 Å². The number of hydrogen-bond acceptors (Lipinski definition) is 4. The zero-order valence-corrected chi connectivity index (χ0v) is 19.0. The lowest BCUT2D eigenvalue weighted by Gasteiger charge is -2.37. The van der Waals surface area contributed by atoms with Gasteiger partial charge < -0.3 is 9.84 Å². The molecule has 174 valence electrons. The molecule has 2 aliphatic rings. The Kier molecular flexibility index (Phi) is 6.92. The van der Waals surface area contributed by atoms with Crippen molar-refractivity contribution in [1.82, 2.24) is 5.32 Å². The molecule has 2 aromatic carbocycles. The van der Waals surface area contributed by atoms with Crippen molar-refractivity contribution in [2.75, 3.05) is 13.2 Å². The molecule has 4 rings (SSSR count). The molecular formula is C24H22Cl2F2N2O3. The summed E-state index contributed by atoms with van der Waals surface area (Å²) in [6, 6.07) is 8.29. The summed E-state index contributed by atoms with van der Waals surface area (Å²) in [6.07, 6.45) is 1.87. The number of nitrogens with one attached hydrogen (secondary N) is 1. The molecule has 5 nitrogen and oxygen atoms in total. The Bertz CT molecular complexity index is 1100. The number of carboxylic acid groups (broad SMARTS) is 1. The van der Waals surface area contributed by atoms with Crippen LogP contribution in [0.25, 0.3) is 0 Å². The van der Waals surface area contributed by atoms with E-state index in [2.05, 4.69) is 11.4 Å². The third-order valence-corrected chi connectivity index (χ3v) is 7.34. The molecule has 4 unspecified atom stereocenters. The van der Waals surface area contributed by atoms with Gasteiger partial charge in [-0.1, -0.05) is 41.4 Å². The van der Waals surface area contributed by atoms with Gasteiger partial charge in [-0.25, -0.2) is 8.78 Å². The first-order valence-electron chi connectivity index (χ1n) is 10.7. The van der Waals surface area contributed by atoms with Crippen LogP contribution in [0.3, 0.4) is 0 Å². The highest BCUT2D eigenvalue weighted by atomic mass is 35.5. The van der Waals surface area contributed by atoms with Gasteiger partial charge in [-0.15, -0.1) is 0 Å². The maximum Gasteiger partial charge on any atom is 0.321 e. The summed E-state index contributed by atoms with van der Waals surface area (Å²) in [7, 11) is 0. The second-order valence-corrected chi connectivity index (χ2v) is 9.40. The van der Waals surface area contributed by atoms with Gasteiger partial charge in [0.05, 0.1) is 11.1 Å². The number of halogens is 4. The van der Waals surface area contributed by atoms with Gasteiger partial charge in [-0.2, -0.15) is 5.26 Å². The van der Waals surface area contributed by atoms with E-state index in [0.717, 1.165) is 18.9 Å². The van der Waals surface area contributed by atoms with Crippen LogP contribution in [-0.2, 0) is 14.9 Å². The van der Waals surface area contributed by atoms with Crippen molar-refractivity contribution < 1.29 is 23.4 Å². The zero-order chi connectivity index (χ0) is 23.8. The predicted octanol–water partition coefficient (Wildman–Crippen LogP) is 5.06. The van der Waals surface area contributed by atoms with E-state index in [1.54, 1.807) is 0 Å². The van der Waals surface area contributed by atoms with Crippen LogP contribution in [0.2, 0.25) is 10.0 Å². The number of carbonyl (C=O) groups is 1. The van der Waals surface area contributed by atoms with Crippen molar-refractivity contribution in [1.29, 1.82) is 5.26 Å². The molecule has 2 heterocycles. The molecule has 0 aliphatic carbocycles. The van der Waals surface area contributed by atoms with E-state index in [4.69, 9.17) is 27.9 Å². The number of aliphatic carboxylic acids is 1. The number of nitrogens with zero attached hydrogens (tertiary/aromatic N) is 1. The monoisotopic (exact) mass is 494 g/mol. The van der Waals surface area contributed by atoms with E-state index in [1.807, 2.05) is 0 Å². The second-order valence-electron chi connectivity index (χ2n) is 8.55. The SMILES string of the molecule is N#CC1(c2ccc(Cl)cc2F)C(CC2CCOCC2)NC(C(=O)O)C1c1cccc(Cl)c1F. The molecule has 33 heavy (non-hydrogen) atoms. The Morgan fingerprint density at radius 3 is 2.61 bits per heavy atom. The summed E-state index contributed by atoms with van der Waals surface area (Å²) in [6.45, 7) is 1.11. The minimum absolute atomic E-state index is 0.0212. The Balaban J connectivity index is 1.94. The molecule has 0 saturated carbocycles. The van der Waals surface area contributed by atoms with Crippen LogP contribution in [0.4, 0.5) is 8.78 Å². The van der Waals surface area contributed by atoms with Crippen molar-refractivity contribution in [3.05, 3.63) is 69.2 Å². The highest BCUT2D eigenvalue weighted by Gasteiger charge is 2.61. The highest BCUT2D eigenvalue weighted by molar-refractivity contribution is 6.31. The minimum Gasteiger partial charge on any atom is -0.480 e. The maximum atomic E-state index is 15.3. The second kappa shape index (κ2) is 9.55. The fourth-order valence-corrected chi connectivity index (χ4v) is 5.62. The van der Waals surface area contributed by atoms with Gasteiger partial charge in [-0.05, 0) is 48.9 Å². The number of ether oxygens (including phenoxy) is 1. The van der Waals surface area contributed by atoms with Crippen LogP contribution >= 0.6 is 23.2 Å². The number of benzene rings is 2. The molecular weight excluding hydrogens is 473 g/mol. The van der Waals surface area contributed by atoms with Gasteiger partial charge in [0.15, 0.2) is 0 Å². The van der Waals surface area contributed by atoms with Crippen LogP contribution in [0.5, 0.6) is 0 Å². The molecule has 2 aromatic rings. The summed E-state index contributed by atoms with van der Waals surface area (Å²) < 4.78 is 36.0. The average Bonchev–Trinajstić information content (AvgIpc) is 3.11. The average molecular weight is 495 g/mol. The van der Waals surface area contributed by atoms with E-state index < -0.39 is 41.0 Å².